The summed E-state index contributed by atoms with van der Waals surface area (Å²) in [7, 11) is 1.74. The van der Waals surface area contributed by atoms with E-state index in [1.807, 2.05) is 6.07 Å². The molecular weight excluding hydrogens is 296 g/mol. The summed E-state index contributed by atoms with van der Waals surface area (Å²) in [6.45, 7) is 8.10. The SMILES string of the molecule is COc1ccc2[nH]c3c(c2c1)CCN[C@@H]3[C@H]1CC(C)=C(C)C[C@@H]1C. The first-order chi connectivity index (χ1) is 11.6. The molecule has 0 unspecified atom stereocenters. The van der Waals surface area contributed by atoms with E-state index < -0.39 is 0 Å². The van der Waals surface area contributed by atoms with Gasteiger partial charge in [0.25, 0.3) is 0 Å². The van der Waals surface area contributed by atoms with Gasteiger partial charge in [0.1, 0.15) is 5.75 Å². The van der Waals surface area contributed by atoms with Crippen molar-refractivity contribution in [3.05, 3.63) is 40.6 Å². The monoisotopic (exact) mass is 324 g/mol. The highest BCUT2D eigenvalue weighted by atomic mass is 16.5. The van der Waals surface area contributed by atoms with Crippen LogP contribution in [-0.4, -0.2) is 18.6 Å². The molecule has 0 radical (unpaired) electrons. The molecular formula is C21H28N2O. The number of H-pyrrole nitrogens is 1. The molecule has 0 amide bonds. The highest BCUT2D eigenvalue weighted by Gasteiger charge is 2.35. The number of benzene rings is 1. The molecule has 2 N–H and O–H groups in total. The Morgan fingerprint density at radius 1 is 1.12 bits per heavy atom. The Morgan fingerprint density at radius 3 is 2.71 bits per heavy atom. The van der Waals surface area contributed by atoms with Gasteiger partial charge in [-0.1, -0.05) is 18.1 Å². The summed E-state index contributed by atoms with van der Waals surface area (Å²) in [5.74, 6) is 2.33. The third kappa shape index (κ3) is 2.46. The number of nitrogens with one attached hydrogen (secondary N) is 2. The van der Waals surface area contributed by atoms with Crippen LogP contribution in [0.2, 0.25) is 0 Å². The number of methoxy groups -OCH3 is 1. The number of hydrogen-bond acceptors (Lipinski definition) is 2. The second-order valence-electron chi connectivity index (χ2n) is 7.72. The maximum Gasteiger partial charge on any atom is 0.119 e. The molecule has 2 aliphatic rings. The largest absolute Gasteiger partial charge is 0.497 e. The zero-order chi connectivity index (χ0) is 16.8. The van der Waals surface area contributed by atoms with Gasteiger partial charge in [0.05, 0.1) is 13.2 Å². The minimum Gasteiger partial charge on any atom is -0.497 e. The molecule has 1 aromatic heterocycles. The molecule has 3 heteroatoms. The number of allylic oxidation sites excluding steroid dienone is 2. The summed E-state index contributed by atoms with van der Waals surface area (Å²) in [6.07, 6.45) is 3.54. The lowest BCUT2D eigenvalue weighted by atomic mass is 9.72. The molecule has 2 aromatic rings. The molecule has 3 nitrogen and oxygen atoms in total. The van der Waals surface area contributed by atoms with Crippen LogP contribution in [0.4, 0.5) is 0 Å². The van der Waals surface area contributed by atoms with Crippen LogP contribution in [-0.2, 0) is 6.42 Å². The quantitative estimate of drug-likeness (QED) is 0.783. The van der Waals surface area contributed by atoms with Crippen molar-refractivity contribution in [2.45, 2.75) is 46.1 Å². The van der Waals surface area contributed by atoms with Gasteiger partial charge in [0.2, 0.25) is 0 Å². The van der Waals surface area contributed by atoms with Gasteiger partial charge in [-0.3, -0.25) is 0 Å². The Hall–Kier alpha value is -1.74. The lowest BCUT2D eigenvalue weighted by molar-refractivity contribution is 0.237. The van der Waals surface area contributed by atoms with Crippen molar-refractivity contribution in [3.8, 4) is 5.75 Å². The molecule has 0 spiro atoms. The van der Waals surface area contributed by atoms with Gasteiger partial charge in [0, 0.05) is 16.6 Å². The van der Waals surface area contributed by atoms with E-state index in [0.29, 0.717) is 12.0 Å². The van der Waals surface area contributed by atoms with Gasteiger partial charge in [0.15, 0.2) is 0 Å². The summed E-state index contributed by atoms with van der Waals surface area (Å²) in [4.78, 5) is 3.73. The summed E-state index contributed by atoms with van der Waals surface area (Å²) in [6, 6.07) is 6.83. The molecule has 0 saturated carbocycles. The van der Waals surface area contributed by atoms with Crippen LogP contribution in [0.25, 0.3) is 10.9 Å². The fourth-order valence-electron chi connectivity index (χ4n) is 4.71. The zero-order valence-electron chi connectivity index (χ0n) is 15.2. The fraction of sp³-hybridized carbons (Fsp3) is 0.524. The van der Waals surface area contributed by atoms with Gasteiger partial charge in [-0.15, -0.1) is 0 Å². The smallest absolute Gasteiger partial charge is 0.119 e. The first-order valence-electron chi connectivity index (χ1n) is 9.15. The first kappa shape index (κ1) is 15.8. The van der Waals surface area contributed by atoms with E-state index >= 15 is 0 Å². The molecule has 128 valence electrons. The number of aromatic amines is 1. The predicted octanol–water partition coefficient (Wildman–Crippen LogP) is 4.75. The van der Waals surface area contributed by atoms with E-state index in [-0.39, 0.29) is 0 Å². The number of rotatable bonds is 2. The Bertz CT molecular complexity index is 802. The van der Waals surface area contributed by atoms with Crippen molar-refractivity contribution in [1.29, 1.82) is 0 Å². The fourth-order valence-corrected chi connectivity index (χ4v) is 4.71. The van der Waals surface area contributed by atoms with Crippen LogP contribution in [0.1, 0.15) is 50.9 Å². The van der Waals surface area contributed by atoms with Crippen molar-refractivity contribution in [1.82, 2.24) is 10.3 Å². The van der Waals surface area contributed by atoms with E-state index in [4.69, 9.17) is 4.74 Å². The Morgan fingerprint density at radius 2 is 1.92 bits per heavy atom. The minimum absolute atomic E-state index is 0.435. The highest BCUT2D eigenvalue weighted by Crippen LogP contribution is 2.44. The normalized spacial score (nSPS) is 27.4. The van der Waals surface area contributed by atoms with E-state index in [0.717, 1.165) is 24.6 Å². The summed E-state index contributed by atoms with van der Waals surface area (Å²) in [5, 5.41) is 5.15. The molecule has 4 rings (SSSR count). The maximum atomic E-state index is 5.43. The number of ether oxygens (including phenoxy) is 1. The molecule has 0 fully saturated rings. The number of hydrogen-bond donors (Lipinski definition) is 2. The third-order valence-corrected chi connectivity index (χ3v) is 6.25. The van der Waals surface area contributed by atoms with Crippen LogP contribution < -0.4 is 10.1 Å². The molecule has 3 atom stereocenters. The second kappa shape index (κ2) is 5.96. The molecule has 1 aromatic carbocycles. The van der Waals surface area contributed by atoms with E-state index in [2.05, 4.69) is 43.2 Å². The van der Waals surface area contributed by atoms with Crippen molar-refractivity contribution >= 4 is 10.9 Å². The minimum atomic E-state index is 0.435. The highest BCUT2D eigenvalue weighted by molar-refractivity contribution is 5.86. The Kier molecular flexibility index (Phi) is 3.92. The van der Waals surface area contributed by atoms with Gasteiger partial charge in [-0.2, -0.15) is 0 Å². The predicted molar refractivity (Wildman–Crippen MR) is 99.6 cm³/mol. The van der Waals surface area contributed by atoms with Crippen LogP contribution in [0, 0.1) is 11.8 Å². The van der Waals surface area contributed by atoms with Gasteiger partial charge in [-0.25, -0.2) is 0 Å². The number of aromatic nitrogens is 1. The molecule has 1 aliphatic heterocycles. The molecule has 0 saturated heterocycles. The van der Waals surface area contributed by atoms with Crippen molar-refractivity contribution in [3.63, 3.8) is 0 Å². The van der Waals surface area contributed by atoms with E-state index in [9.17, 15) is 0 Å². The van der Waals surface area contributed by atoms with Crippen molar-refractivity contribution in [2.24, 2.45) is 11.8 Å². The van der Waals surface area contributed by atoms with Crippen LogP contribution in [0.3, 0.4) is 0 Å². The third-order valence-electron chi connectivity index (χ3n) is 6.25. The Labute approximate surface area is 144 Å². The first-order valence-corrected chi connectivity index (χ1v) is 9.15. The molecule has 24 heavy (non-hydrogen) atoms. The molecule has 0 bridgehead atoms. The summed E-state index contributed by atoms with van der Waals surface area (Å²) < 4.78 is 5.43. The average Bonchev–Trinajstić information content (AvgIpc) is 2.96. The summed E-state index contributed by atoms with van der Waals surface area (Å²) in [5.41, 5.74) is 7.32. The number of fused-ring (bicyclic) bond motifs is 3. The van der Waals surface area contributed by atoms with Crippen molar-refractivity contribution in [2.75, 3.05) is 13.7 Å². The maximum absolute atomic E-state index is 5.43. The lowest BCUT2D eigenvalue weighted by Gasteiger charge is -2.39. The van der Waals surface area contributed by atoms with Gasteiger partial charge in [-0.05, 0) is 75.3 Å². The van der Waals surface area contributed by atoms with Gasteiger partial charge < -0.3 is 15.0 Å². The van der Waals surface area contributed by atoms with E-state index in [1.54, 1.807) is 18.3 Å². The van der Waals surface area contributed by atoms with Crippen LogP contribution >= 0.6 is 0 Å². The second-order valence-corrected chi connectivity index (χ2v) is 7.72. The molecule has 2 heterocycles. The zero-order valence-corrected chi connectivity index (χ0v) is 15.2. The Balaban J connectivity index is 1.76. The van der Waals surface area contributed by atoms with E-state index in [1.165, 1.54) is 35.0 Å². The average molecular weight is 324 g/mol. The summed E-state index contributed by atoms with van der Waals surface area (Å²) >= 11 is 0. The standard InChI is InChI=1S/C21H28N2O/c1-12-9-14(3)17(10-13(12)2)20-21-16(7-8-22-20)18-11-15(24-4)5-6-19(18)23-21/h5-6,11,14,17,20,22-23H,7-10H2,1-4H3/t14-,17-,20+/m0/s1. The topological polar surface area (TPSA) is 37.0 Å². The van der Waals surface area contributed by atoms with Crippen molar-refractivity contribution < 1.29 is 4.74 Å². The lowest BCUT2D eigenvalue weighted by Crippen LogP contribution is -2.38. The molecule has 1 aliphatic carbocycles. The van der Waals surface area contributed by atoms with Crippen LogP contribution in [0.15, 0.2) is 29.3 Å². The van der Waals surface area contributed by atoms with Gasteiger partial charge >= 0.3 is 0 Å². The van der Waals surface area contributed by atoms with Crippen LogP contribution in [0.5, 0.6) is 5.75 Å².